The Balaban J connectivity index is 1.87. The standard InChI is InChI=1S/C15H18N2O4S3/c1-11-3-6-15(22-11)24(20,21)16-14-5-4-12-7-8-17(23(2,18)19)10-13(12)9-14/h3-6,9,16H,7-8,10H2,1-2H3. The molecule has 1 aliphatic heterocycles. The molecule has 2 aromatic rings. The van der Waals surface area contributed by atoms with Crippen LogP contribution in [0, 0.1) is 6.92 Å². The summed E-state index contributed by atoms with van der Waals surface area (Å²) in [6, 6.07) is 8.62. The Kier molecular flexibility index (Phi) is 4.45. The highest BCUT2D eigenvalue weighted by Gasteiger charge is 2.24. The molecule has 0 saturated heterocycles. The minimum atomic E-state index is -3.62. The number of hydrogen-bond acceptors (Lipinski definition) is 5. The third kappa shape index (κ3) is 3.64. The van der Waals surface area contributed by atoms with E-state index in [4.69, 9.17) is 0 Å². The zero-order chi connectivity index (χ0) is 17.5. The quantitative estimate of drug-likeness (QED) is 0.873. The molecule has 0 bridgehead atoms. The van der Waals surface area contributed by atoms with Crippen molar-refractivity contribution in [2.24, 2.45) is 0 Å². The Hall–Kier alpha value is -1.42. The second-order valence-electron chi connectivity index (χ2n) is 5.80. The summed E-state index contributed by atoms with van der Waals surface area (Å²) in [4.78, 5) is 0.921. The van der Waals surface area contributed by atoms with Crippen LogP contribution in [0.2, 0.25) is 0 Å². The van der Waals surface area contributed by atoms with Crippen LogP contribution in [0.4, 0.5) is 5.69 Å². The highest BCUT2D eigenvalue weighted by molar-refractivity contribution is 7.94. The molecule has 0 saturated carbocycles. The summed E-state index contributed by atoms with van der Waals surface area (Å²) in [6.45, 7) is 2.57. The summed E-state index contributed by atoms with van der Waals surface area (Å²) in [6.07, 6.45) is 1.81. The van der Waals surface area contributed by atoms with E-state index in [-0.39, 0.29) is 10.8 Å². The molecule has 0 spiro atoms. The van der Waals surface area contributed by atoms with Gasteiger partial charge in [-0.3, -0.25) is 4.72 Å². The lowest BCUT2D eigenvalue weighted by atomic mass is 10.0. The fourth-order valence-electron chi connectivity index (χ4n) is 2.64. The molecule has 1 aromatic carbocycles. The van der Waals surface area contributed by atoms with E-state index in [0.717, 1.165) is 16.0 Å². The third-order valence-electron chi connectivity index (χ3n) is 3.89. The number of aryl methyl sites for hydroxylation is 1. The van der Waals surface area contributed by atoms with Gasteiger partial charge in [0, 0.05) is 23.7 Å². The van der Waals surface area contributed by atoms with Gasteiger partial charge in [-0.2, -0.15) is 4.31 Å². The van der Waals surface area contributed by atoms with E-state index in [1.54, 1.807) is 24.3 Å². The van der Waals surface area contributed by atoms with E-state index in [1.807, 2.05) is 13.0 Å². The molecule has 6 nitrogen and oxygen atoms in total. The second-order valence-corrected chi connectivity index (χ2v) is 11.0. The molecule has 1 aliphatic rings. The fraction of sp³-hybridized carbons (Fsp3) is 0.333. The van der Waals surface area contributed by atoms with Gasteiger partial charge in [-0.15, -0.1) is 11.3 Å². The molecule has 3 rings (SSSR count). The predicted molar refractivity (Wildman–Crippen MR) is 95.3 cm³/mol. The highest BCUT2D eigenvalue weighted by Crippen LogP contribution is 2.27. The number of rotatable bonds is 4. The average molecular weight is 387 g/mol. The molecule has 0 unspecified atom stereocenters. The maximum absolute atomic E-state index is 12.4. The number of anilines is 1. The van der Waals surface area contributed by atoms with Crippen molar-refractivity contribution in [3.63, 3.8) is 0 Å². The number of sulfonamides is 2. The Bertz CT molecular complexity index is 978. The summed E-state index contributed by atoms with van der Waals surface area (Å²) in [5.41, 5.74) is 2.31. The zero-order valence-electron chi connectivity index (χ0n) is 13.3. The van der Waals surface area contributed by atoms with Crippen molar-refractivity contribution in [3.05, 3.63) is 46.3 Å². The van der Waals surface area contributed by atoms with Crippen LogP contribution in [0.25, 0.3) is 0 Å². The Morgan fingerprint density at radius 2 is 1.83 bits per heavy atom. The number of fused-ring (bicyclic) bond motifs is 1. The Labute approximate surface area is 146 Å². The van der Waals surface area contributed by atoms with E-state index in [1.165, 1.54) is 21.9 Å². The van der Waals surface area contributed by atoms with Crippen molar-refractivity contribution in [3.8, 4) is 0 Å². The summed E-state index contributed by atoms with van der Waals surface area (Å²) < 4.78 is 52.5. The number of benzene rings is 1. The lowest BCUT2D eigenvalue weighted by molar-refractivity contribution is 0.395. The predicted octanol–water partition coefficient (Wildman–Crippen LogP) is 2.18. The molecule has 0 fully saturated rings. The first-order valence-electron chi connectivity index (χ1n) is 7.31. The maximum Gasteiger partial charge on any atom is 0.271 e. The smallest absolute Gasteiger partial charge is 0.271 e. The summed E-state index contributed by atoms with van der Waals surface area (Å²) in [7, 11) is -6.88. The average Bonchev–Trinajstić information content (AvgIpc) is 2.93. The fourth-order valence-corrected chi connectivity index (χ4v) is 5.77. The monoisotopic (exact) mass is 386 g/mol. The lowest BCUT2D eigenvalue weighted by Crippen LogP contribution is -2.35. The Morgan fingerprint density at radius 1 is 1.08 bits per heavy atom. The summed E-state index contributed by atoms with van der Waals surface area (Å²) >= 11 is 1.21. The molecule has 1 N–H and O–H groups in total. The third-order valence-corrected chi connectivity index (χ3v) is 8.01. The molecule has 0 radical (unpaired) electrons. The van der Waals surface area contributed by atoms with Crippen LogP contribution in [0.1, 0.15) is 16.0 Å². The van der Waals surface area contributed by atoms with Gasteiger partial charge in [0.1, 0.15) is 4.21 Å². The van der Waals surface area contributed by atoms with Crippen LogP contribution >= 0.6 is 11.3 Å². The lowest BCUT2D eigenvalue weighted by Gasteiger charge is -2.27. The number of nitrogens with one attached hydrogen (secondary N) is 1. The first-order valence-corrected chi connectivity index (χ1v) is 11.5. The van der Waals surface area contributed by atoms with Gasteiger partial charge >= 0.3 is 0 Å². The second kappa shape index (κ2) is 6.14. The normalized spacial score (nSPS) is 15.9. The molecule has 0 atom stereocenters. The van der Waals surface area contributed by atoms with Crippen LogP contribution < -0.4 is 4.72 Å². The summed E-state index contributed by atoms with van der Waals surface area (Å²) in [5.74, 6) is 0. The van der Waals surface area contributed by atoms with E-state index in [9.17, 15) is 16.8 Å². The van der Waals surface area contributed by atoms with Gasteiger partial charge in [-0.25, -0.2) is 16.8 Å². The molecular weight excluding hydrogens is 368 g/mol. The van der Waals surface area contributed by atoms with E-state index < -0.39 is 20.0 Å². The molecule has 0 amide bonds. The van der Waals surface area contributed by atoms with E-state index in [0.29, 0.717) is 18.7 Å². The number of hydrogen-bond donors (Lipinski definition) is 1. The van der Waals surface area contributed by atoms with Gasteiger partial charge in [0.15, 0.2) is 0 Å². The van der Waals surface area contributed by atoms with Crippen LogP contribution in [0.15, 0.2) is 34.5 Å². The minimum Gasteiger partial charge on any atom is -0.279 e. The van der Waals surface area contributed by atoms with Gasteiger partial charge < -0.3 is 0 Å². The molecular formula is C15H18N2O4S3. The van der Waals surface area contributed by atoms with E-state index in [2.05, 4.69) is 4.72 Å². The van der Waals surface area contributed by atoms with Crippen molar-refractivity contribution in [2.45, 2.75) is 24.1 Å². The van der Waals surface area contributed by atoms with Crippen LogP contribution in [0.5, 0.6) is 0 Å². The van der Waals surface area contributed by atoms with E-state index >= 15 is 0 Å². The van der Waals surface area contributed by atoms with Crippen molar-refractivity contribution >= 4 is 37.1 Å². The molecule has 2 heterocycles. The van der Waals surface area contributed by atoms with Gasteiger partial charge in [0.25, 0.3) is 10.0 Å². The maximum atomic E-state index is 12.4. The van der Waals surface area contributed by atoms with Gasteiger partial charge in [-0.05, 0) is 48.7 Å². The first-order chi connectivity index (χ1) is 11.1. The SMILES string of the molecule is Cc1ccc(S(=O)(=O)Nc2ccc3c(c2)CN(S(C)(=O)=O)CC3)s1. The summed E-state index contributed by atoms with van der Waals surface area (Å²) in [5, 5.41) is 0. The van der Waals surface area contributed by atoms with Crippen LogP contribution in [-0.2, 0) is 33.0 Å². The van der Waals surface area contributed by atoms with Crippen molar-refractivity contribution in [1.82, 2.24) is 4.31 Å². The Morgan fingerprint density at radius 3 is 2.46 bits per heavy atom. The van der Waals surface area contributed by atoms with Crippen LogP contribution in [-0.4, -0.2) is 33.9 Å². The molecule has 1 aromatic heterocycles. The largest absolute Gasteiger partial charge is 0.279 e. The number of thiophene rings is 1. The minimum absolute atomic E-state index is 0.260. The topological polar surface area (TPSA) is 83.6 Å². The van der Waals surface area contributed by atoms with Crippen molar-refractivity contribution in [2.75, 3.05) is 17.5 Å². The van der Waals surface area contributed by atoms with Gasteiger partial charge in [0.2, 0.25) is 10.0 Å². The van der Waals surface area contributed by atoms with Gasteiger partial charge in [0.05, 0.1) is 6.26 Å². The highest BCUT2D eigenvalue weighted by atomic mass is 32.2. The molecule has 0 aliphatic carbocycles. The first kappa shape index (κ1) is 17.4. The zero-order valence-corrected chi connectivity index (χ0v) is 15.8. The number of nitrogens with zero attached hydrogens (tertiary/aromatic N) is 1. The van der Waals surface area contributed by atoms with Gasteiger partial charge in [-0.1, -0.05) is 6.07 Å². The van der Waals surface area contributed by atoms with Crippen molar-refractivity contribution < 1.29 is 16.8 Å². The molecule has 9 heteroatoms. The van der Waals surface area contributed by atoms with Crippen molar-refractivity contribution in [1.29, 1.82) is 0 Å². The van der Waals surface area contributed by atoms with Crippen LogP contribution in [0.3, 0.4) is 0 Å². The molecule has 130 valence electrons. The molecule has 24 heavy (non-hydrogen) atoms.